The number of thiophene rings is 1. The number of benzene rings is 1. The molecule has 1 aromatic heterocycles. The Hall–Kier alpha value is -1.97. The van der Waals surface area contributed by atoms with Crippen molar-refractivity contribution in [3.63, 3.8) is 0 Å². The maximum atomic E-state index is 10.6. The number of nitro groups is 1. The third-order valence-electron chi connectivity index (χ3n) is 2.39. The lowest BCUT2D eigenvalue weighted by Crippen LogP contribution is -1.88. The van der Waals surface area contributed by atoms with Gasteiger partial charge in [-0.05, 0) is 51.8 Å². The topological polar surface area (TPSA) is 66.9 Å². The molecule has 4 nitrogen and oxygen atoms in total. The van der Waals surface area contributed by atoms with Crippen LogP contribution in [0.2, 0.25) is 0 Å². The monoisotopic (exact) mass is 334 g/mol. The van der Waals surface area contributed by atoms with Gasteiger partial charge in [-0.25, -0.2) is 0 Å². The number of allylic oxidation sites excluding steroid dienone is 1. The third-order valence-corrected chi connectivity index (χ3v) is 3.96. The van der Waals surface area contributed by atoms with Crippen LogP contribution >= 0.6 is 27.3 Å². The molecule has 19 heavy (non-hydrogen) atoms. The van der Waals surface area contributed by atoms with Gasteiger partial charge in [0.05, 0.1) is 20.4 Å². The van der Waals surface area contributed by atoms with Crippen molar-refractivity contribution in [1.29, 1.82) is 5.26 Å². The van der Waals surface area contributed by atoms with Gasteiger partial charge in [-0.1, -0.05) is 0 Å². The number of nitriles is 1. The van der Waals surface area contributed by atoms with E-state index < -0.39 is 4.92 Å². The Bertz CT molecular complexity index is 683. The van der Waals surface area contributed by atoms with Crippen molar-refractivity contribution in [2.45, 2.75) is 0 Å². The molecule has 0 aliphatic carbocycles. The summed E-state index contributed by atoms with van der Waals surface area (Å²) < 4.78 is 0.986. The molecule has 0 fully saturated rings. The minimum absolute atomic E-state index is 0.0138. The van der Waals surface area contributed by atoms with Crippen molar-refractivity contribution in [2.75, 3.05) is 0 Å². The molecule has 0 spiro atoms. The van der Waals surface area contributed by atoms with Crippen LogP contribution in [0.1, 0.15) is 10.4 Å². The zero-order valence-electron chi connectivity index (χ0n) is 9.54. The summed E-state index contributed by atoms with van der Waals surface area (Å²) in [5, 5.41) is 19.7. The summed E-state index contributed by atoms with van der Waals surface area (Å²) in [7, 11) is 0. The SMILES string of the molecule is N#C/C(=C/c1ccc(Br)s1)c1ccc([N+](=O)[O-])cc1. The first-order valence-electron chi connectivity index (χ1n) is 5.22. The van der Waals surface area contributed by atoms with Crippen LogP contribution in [0.4, 0.5) is 5.69 Å². The predicted octanol–water partition coefficient (Wildman–Crippen LogP) is 4.48. The van der Waals surface area contributed by atoms with Gasteiger partial charge in [0.1, 0.15) is 0 Å². The van der Waals surface area contributed by atoms with Gasteiger partial charge < -0.3 is 0 Å². The van der Waals surface area contributed by atoms with Gasteiger partial charge in [-0.15, -0.1) is 11.3 Å². The van der Waals surface area contributed by atoms with Gasteiger partial charge in [-0.2, -0.15) is 5.26 Å². The molecular formula is C13H7BrN2O2S. The number of rotatable bonds is 3. The Balaban J connectivity index is 2.35. The molecule has 0 N–H and O–H groups in total. The summed E-state index contributed by atoms with van der Waals surface area (Å²) in [6, 6.07) is 11.9. The van der Waals surface area contributed by atoms with Crippen LogP contribution in [-0.4, -0.2) is 4.92 Å². The lowest BCUT2D eigenvalue weighted by Gasteiger charge is -1.98. The molecule has 0 saturated carbocycles. The molecule has 0 aliphatic rings. The Labute approximate surface area is 121 Å². The first-order valence-corrected chi connectivity index (χ1v) is 6.83. The highest BCUT2D eigenvalue weighted by molar-refractivity contribution is 9.11. The first-order chi connectivity index (χ1) is 9.10. The molecule has 0 unspecified atom stereocenters. The highest BCUT2D eigenvalue weighted by Gasteiger charge is 2.07. The standard InChI is InChI=1S/C13H7BrN2O2S/c14-13-6-5-12(19-13)7-10(8-15)9-1-3-11(4-2-9)16(17)18/h1-7H/b10-7-. The highest BCUT2D eigenvalue weighted by Crippen LogP contribution is 2.27. The van der Waals surface area contributed by atoms with E-state index >= 15 is 0 Å². The minimum Gasteiger partial charge on any atom is -0.258 e. The highest BCUT2D eigenvalue weighted by atomic mass is 79.9. The van der Waals surface area contributed by atoms with Gasteiger partial charge in [0.2, 0.25) is 0 Å². The lowest BCUT2D eigenvalue weighted by atomic mass is 10.1. The van der Waals surface area contributed by atoms with Crippen molar-refractivity contribution in [3.05, 3.63) is 60.7 Å². The normalized spacial score (nSPS) is 11.1. The molecule has 1 aromatic carbocycles. The van der Waals surface area contributed by atoms with Crippen molar-refractivity contribution in [3.8, 4) is 6.07 Å². The Morgan fingerprint density at radius 2 is 2.00 bits per heavy atom. The molecule has 6 heteroatoms. The summed E-state index contributed by atoms with van der Waals surface area (Å²) >= 11 is 4.87. The zero-order chi connectivity index (χ0) is 13.8. The zero-order valence-corrected chi connectivity index (χ0v) is 11.9. The van der Waals surface area contributed by atoms with Crippen molar-refractivity contribution in [2.24, 2.45) is 0 Å². The molecule has 0 atom stereocenters. The molecule has 0 amide bonds. The van der Waals surface area contributed by atoms with Crippen LogP contribution in [0.3, 0.4) is 0 Å². The van der Waals surface area contributed by atoms with Crippen molar-refractivity contribution >= 4 is 44.6 Å². The van der Waals surface area contributed by atoms with Crippen LogP contribution in [-0.2, 0) is 0 Å². The van der Waals surface area contributed by atoms with Crippen molar-refractivity contribution in [1.82, 2.24) is 0 Å². The average molecular weight is 335 g/mol. The van der Waals surface area contributed by atoms with E-state index in [1.54, 1.807) is 18.2 Å². The maximum absolute atomic E-state index is 10.6. The predicted molar refractivity (Wildman–Crippen MR) is 78.6 cm³/mol. The van der Waals surface area contributed by atoms with Gasteiger partial charge in [0, 0.05) is 17.0 Å². The van der Waals surface area contributed by atoms with E-state index in [2.05, 4.69) is 22.0 Å². The van der Waals surface area contributed by atoms with Crippen LogP contribution < -0.4 is 0 Å². The molecule has 0 aliphatic heterocycles. The van der Waals surface area contributed by atoms with E-state index in [1.807, 2.05) is 12.1 Å². The van der Waals surface area contributed by atoms with Crippen LogP contribution in [0.25, 0.3) is 11.6 Å². The van der Waals surface area contributed by atoms with Crippen LogP contribution in [0.15, 0.2) is 40.2 Å². The number of hydrogen-bond donors (Lipinski definition) is 0. The molecule has 2 rings (SSSR count). The van der Waals surface area contributed by atoms with E-state index in [1.165, 1.54) is 23.5 Å². The number of non-ortho nitro benzene ring substituents is 1. The minimum atomic E-state index is -0.462. The van der Waals surface area contributed by atoms with E-state index in [-0.39, 0.29) is 5.69 Å². The molecule has 0 bridgehead atoms. The van der Waals surface area contributed by atoms with Crippen LogP contribution in [0.5, 0.6) is 0 Å². The number of nitrogens with zero attached hydrogens (tertiary/aromatic N) is 2. The molecule has 2 aromatic rings. The van der Waals surface area contributed by atoms with Crippen LogP contribution in [0, 0.1) is 21.4 Å². The quantitative estimate of drug-likeness (QED) is 0.472. The van der Waals surface area contributed by atoms with Gasteiger partial charge in [0.25, 0.3) is 5.69 Å². The van der Waals surface area contributed by atoms with E-state index in [4.69, 9.17) is 5.26 Å². The molecule has 1 heterocycles. The van der Waals surface area contributed by atoms with Crippen molar-refractivity contribution < 1.29 is 4.92 Å². The van der Waals surface area contributed by atoms with E-state index in [0.717, 1.165) is 8.66 Å². The van der Waals surface area contributed by atoms with E-state index in [0.29, 0.717) is 11.1 Å². The second-order valence-electron chi connectivity index (χ2n) is 3.62. The molecule has 0 radical (unpaired) electrons. The fourth-order valence-electron chi connectivity index (χ4n) is 1.49. The summed E-state index contributed by atoms with van der Waals surface area (Å²) in [5.74, 6) is 0. The number of nitro benzene ring substituents is 1. The Morgan fingerprint density at radius 3 is 2.47 bits per heavy atom. The largest absolute Gasteiger partial charge is 0.269 e. The van der Waals surface area contributed by atoms with E-state index in [9.17, 15) is 10.1 Å². The summed E-state index contributed by atoms with van der Waals surface area (Å²) in [5.41, 5.74) is 1.15. The molecular weight excluding hydrogens is 328 g/mol. The van der Waals surface area contributed by atoms with Gasteiger partial charge in [-0.3, -0.25) is 10.1 Å². The lowest BCUT2D eigenvalue weighted by molar-refractivity contribution is -0.384. The second kappa shape index (κ2) is 5.78. The third kappa shape index (κ3) is 3.28. The first kappa shape index (κ1) is 13.5. The smallest absolute Gasteiger partial charge is 0.258 e. The molecule has 0 saturated heterocycles. The number of halogens is 1. The average Bonchev–Trinajstić information content (AvgIpc) is 2.81. The fourth-order valence-corrected chi connectivity index (χ4v) is 2.86. The second-order valence-corrected chi connectivity index (χ2v) is 6.11. The number of hydrogen-bond acceptors (Lipinski definition) is 4. The fraction of sp³-hybridized carbons (Fsp3) is 0. The van der Waals surface area contributed by atoms with Gasteiger partial charge >= 0.3 is 0 Å². The van der Waals surface area contributed by atoms with Gasteiger partial charge in [0.15, 0.2) is 0 Å². The Kier molecular flexibility index (Phi) is 4.10. The maximum Gasteiger partial charge on any atom is 0.269 e. The summed E-state index contributed by atoms with van der Waals surface area (Å²) in [6.07, 6.45) is 1.76. The summed E-state index contributed by atoms with van der Waals surface area (Å²) in [4.78, 5) is 11.1. The molecule has 94 valence electrons. The summed E-state index contributed by atoms with van der Waals surface area (Å²) in [6.45, 7) is 0. The Morgan fingerprint density at radius 1 is 1.32 bits per heavy atom.